The third-order valence-corrected chi connectivity index (χ3v) is 3.52. The molecule has 0 aliphatic carbocycles. The first-order chi connectivity index (χ1) is 10.4. The highest BCUT2D eigenvalue weighted by atomic mass is 35.6. The quantitative estimate of drug-likeness (QED) is 0.643. The van der Waals surface area contributed by atoms with E-state index in [1.54, 1.807) is 18.2 Å². The maximum absolute atomic E-state index is 12.2. The largest absolute Gasteiger partial charge is 0.362 e. The molecule has 2 aromatic rings. The normalized spacial score (nSPS) is 12.5. The van der Waals surface area contributed by atoms with Crippen LogP contribution in [0, 0.1) is 6.92 Å². The van der Waals surface area contributed by atoms with Crippen LogP contribution >= 0.6 is 34.8 Å². The lowest BCUT2D eigenvalue weighted by atomic mass is 10.2. The highest BCUT2D eigenvalue weighted by Gasteiger charge is 2.34. The predicted molar refractivity (Wildman–Crippen MR) is 90.6 cm³/mol. The summed E-state index contributed by atoms with van der Waals surface area (Å²) in [6.45, 7) is 1.97. The van der Waals surface area contributed by atoms with Crippen molar-refractivity contribution >= 4 is 46.4 Å². The standard InChI is InChI=1S/C15H14Cl3N3O/c1-10-5-7-11(8-6-10)20-14(15(16,17)18)21-13(22)12-4-2-3-9-19-12/h2-9,14,20H,1H3,(H,21,22)/t14-/m1/s1. The molecule has 22 heavy (non-hydrogen) atoms. The third kappa shape index (κ3) is 4.77. The van der Waals surface area contributed by atoms with Gasteiger partial charge in [-0.2, -0.15) is 0 Å². The minimum atomic E-state index is -1.73. The molecule has 1 heterocycles. The number of nitrogens with zero attached hydrogens (tertiary/aromatic N) is 1. The average molecular weight is 359 g/mol. The molecule has 0 bridgehead atoms. The number of halogens is 3. The summed E-state index contributed by atoms with van der Waals surface area (Å²) in [6, 6.07) is 12.5. The minimum absolute atomic E-state index is 0.243. The van der Waals surface area contributed by atoms with Crippen LogP contribution in [0.25, 0.3) is 0 Å². The van der Waals surface area contributed by atoms with E-state index in [9.17, 15) is 4.79 Å². The van der Waals surface area contributed by atoms with E-state index in [4.69, 9.17) is 34.8 Å². The van der Waals surface area contributed by atoms with Crippen molar-refractivity contribution in [2.75, 3.05) is 5.32 Å². The van der Waals surface area contributed by atoms with Gasteiger partial charge in [0, 0.05) is 11.9 Å². The summed E-state index contributed by atoms with van der Waals surface area (Å²) in [5.41, 5.74) is 2.07. The second-order valence-corrected chi connectivity index (χ2v) is 7.04. The molecule has 0 fully saturated rings. The van der Waals surface area contributed by atoms with E-state index in [1.165, 1.54) is 6.20 Å². The Kier molecular flexibility index (Phi) is 5.51. The maximum Gasteiger partial charge on any atom is 0.271 e. The number of amides is 1. The zero-order valence-electron chi connectivity index (χ0n) is 11.7. The van der Waals surface area contributed by atoms with E-state index in [0.29, 0.717) is 0 Å². The van der Waals surface area contributed by atoms with Crippen molar-refractivity contribution < 1.29 is 4.79 Å². The first-order valence-corrected chi connectivity index (χ1v) is 7.61. The molecule has 1 atom stereocenters. The van der Waals surface area contributed by atoms with Crippen LogP contribution in [0.4, 0.5) is 5.69 Å². The molecule has 1 aromatic carbocycles. The van der Waals surface area contributed by atoms with Gasteiger partial charge in [-0.1, -0.05) is 58.6 Å². The molecule has 2 N–H and O–H groups in total. The predicted octanol–water partition coefficient (Wildman–Crippen LogP) is 3.93. The molecule has 116 valence electrons. The third-order valence-electron chi connectivity index (χ3n) is 2.86. The van der Waals surface area contributed by atoms with Crippen molar-refractivity contribution in [3.63, 3.8) is 0 Å². The number of aryl methyl sites for hydroxylation is 1. The molecule has 0 aliphatic heterocycles. The van der Waals surface area contributed by atoms with Gasteiger partial charge in [-0.25, -0.2) is 0 Å². The highest BCUT2D eigenvalue weighted by molar-refractivity contribution is 6.68. The fraction of sp³-hybridized carbons (Fsp3) is 0.200. The number of hydrogen-bond acceptors (Lipinski definition) is 3. The Balaban J connectivity index is 2.13. The van der Waals surface area contributed by atoms with Crippen molar-refractivity contribution in [1.82, 2.24) is 10.3 Å². The number of alkyl halides is 3. The average Bonchev–Trinajstić information content (AvgIpc) is 2.48. The Hall–Kier alpha value is -1.49. The Morgan fingerprint density at radius 2 is 1.82 bits per heavy atom. The van der Waals surface area contributed by atoms with Crippen molar-refractivity contribution in [1.29, 1.82) is 0 Å². The Morgan fingerprint density at radius 3 is 2.36 bits per heavy atom. The SMILES string of the molecule is Cc1ccc(N[C@H](NC(=O)c2ccccn2)C(Cl)(Cl)Cl)cc1. The summed E-state index contributed by atoms with van der Waals surface area (Å²) < 4.78 is -1.73. The molecule has 1 amide bonds. The Bertz CT molecular complexity index is 627. The lowest BCUT2D eigenvalue weighted by Crippen LogP contribution is -2.49. The lowest BCUT2D eigenvalue weighted by Gasteiger charge is -2.27. The molecule has 1 aromatic heterocycles. The second kappa shape index (κ2) is 7.18. The molecule has 0 saturated carbocycles. The molecule has 0 saturated heterocycles. The Labute approximate surface area is 143 Å². The second-order valence-electron chi connectivity index (χ2n) is 4.67. The van der Waals surface area contributed by atoms with Crippen molar-refractivity contribution in [2.45, 2.75) is 16.9 Å². The van der Waals surface area contributed by atoms with Crippen LogP contribution in [0.3, 0.4) is 0 Å². The van der Waals surface area contributed by atoms with Crippen molar-refractivity contribution in [3.05, 3.63) is 59.9 Å². The summed E-state index contributed by atoms with van der Waals surface area (Å²) in [5, 5.41) is 5.62. The molecule has 7 heteroatoms. The minimum Gasteiger partial charge on any atom is -0.362 e. The lowest BCUT2D eigenvalue weighted by molar-refractivity contribution is 0.0937. The monoisotopic (exact) mass is 357 g/mol. The number of aromatic nitrogens is 1. The fourth-order valence-corrected chi connectivity index (χ4v) is 2.05. The summed E-state index contributed by atoms with van der Waals surface area (Å²) in [7, 11) is 0. The van der Waals surface area contributed by atoms with Gasteiger partial charge in [0.1, 0.15) is 11.9 Å². The van der Waals surface area contributed by atoms with Crippen LogP contribution in [0.2, 0.25) is 0 Å². The molecule has 0 radical (unpaired) electrons. The van der Waals surface area contributed by atoms with Gasteiger partial charge in [0.25, 0.3) is 5.91 Å². The smallest absolute Gasteiger partial charge is 0.271 e. The number of nitrogens with one attached hydrogen (secondary N) is 2. The van der Waals surface area contributed by atoms with E-state index < -0.39 is 15.9 Å². The fourth-order valence-electron chi connectivity index (χ4n) is 1.72. The van der Waals surface area contributed by atoms with Gasteiger partial charge in [-0.05, 0) is 31.2 Å². The van der Waals surface area contributed by atoms with Crippen LogP contribution in [-0.4, -0.2) is 20.8 Å². The summed E-state index contributed by atoms with van der Waals surface area (Å²) in [4.78, 5) is 16.1. The van der Waals surface area contributed by atoms with Gasteiger partial charge in [0.2, 0.25) is 3.79 Å². The van der Waals surface area contributed by atoms with Crippen LogP contribution in [0.15, 0.2) is 48.7 Å². The van der Waals surface area contributed by atoms with Gasteiger partial charge < -0.3 is 10.6 Å². The number of carbonyl (C=O) groups excluding carboxylic acids is 1. The molecule has 4 nitrogen and oxygen atoms in total. The van der Waals surface area contributed by atoms with Crippen LogP contribution in [0.1, 0.15) is 16.1 Å². The van der Waals surface area contributed by atoms with Gasteiger partial charge in [0.15, 0.2) is 0 Å². The number of anilines is 1. The van der Waals surface area contributed by atoms with E-state index in [1.807, 2.05) is 31.2 Å². The molecule has 0 unspecified atom stereocenters. The van der Waals surface area contributed by atoms with Gasteiger partial charge in [-0.15, -0.1) is 0 Å². The summed E-state index contributed by atoms with van der Waals surface area (Å²) in [5.74, 6) is -0.434. The number of hydrogen-bond donors (Lipinski definition) is 2. The van der Waals surface area contributed by atoms with E-state index >= 15 is 0 Å². The summed E-state index contributed by atoms with van der Waals surface area (Å²) in [6.07, 6.45) is 0.613. The van der Waals surface area contributed by atoms with E-state index in [-0.39, 0.29) is 5.69 Å². The van der Waals surface area contributed by atoms with Gasteiger partial charge in [-0.3, -0.25) is 9.78 Å². The molecular weight excluding hydrogens is 345 g/mol. The number of rotatable bonds is 4. The highest BCUT2D eigenvalue weighted by Crippen LogP contribution is 2.31. The zero-order chi connectivity index (χ0) is 16.2. The number of carbonyl (C=O) groups is 1. The molecule has 0 aliphatic rings. The Morgan fingerprint density at radius 1 is 1.14 bits per heavy atom. The van der Waals surface area contributed by atoms with E-state index in [0.717, 1.165) is 11.3 Å². The van der Waals surface area contributed by atoms with Crippen LogP contribution < -0.4 is 10.6 Å². The van der Waals surface area contributed by atoms with Crippen molar-refractivity contribution in [2.24, 2.45) is 0 Å². The van der Waals surface area contributed by atoms with Crippen molar-refractivity contribution in [3.8, 4) is 0 Å². The first-order valence-electron chi connectivity index (χ1n) is 6.48. The topological polar surface area (TPSA) is 54.0 Å². The number of benzene rings is 1. The van der Waals surface area contributed by atoms with Gasteiger partial charge >= 0.3 is 0 Å². The van der Waals surface area contributed by atoms with Crippen LogP contribution in [0.5, 0.6) is 0 Å². The molecule has 0 spiro atoms. The van der Waals surface area contributed by atoms with Gasteiger partial charge in [0.05, 0.1) is 0 Å². The van der Waals surface area contributed by atoms with Crippen LogP contribution in [-0.2, 0) is 0 Å². The summed E-state index contributed by atoms with van der Waals surface area (Å²) >= 11 is 17.8. The first kappa shape index (κ1) is 16.9. The van der Waals surface area contributed by atoms with E-state index in [2.05, 4.69) is 15.6 Å². The molecular formula is C15H14Cl3N3O. The molecule has 2 rings (SSSR count). The zero-order valence-corrected chi connectivity index (χ0v) is 14.0. The number of pyridine rings is 1. The maximum atomic E-state index is 12.2.